The number of carbonyl (C=O) groups is 2. The summed E-state index contributed by atoms with van der Waals surface area (Å²) in [7, 11) is 0. The summed E-state index contributed by atoms with van der Waals surface area (Å²) >= 11 is 0. The second kappa shape index (κ2) is 8.15. The van der Waals surface area contributed by atoms with Gasteiger partial charge in [0.15, 0.2) is 0 Å². The van der Waals surface area contributed by atoms with Crippen LogP contribution in [0.25, 0.3) is 0 Å². The molecule has 8 heteroatoms. The monoisotopic (exact) mass is 341 g/mol. The number of carbonyl (C=O) groups excluding carboxylic acids is 3. The Morgan fingerprint density at radius 3 is 2.62 bits per heavy atom. The molecular formula is C16H27N3O5. The minimum absolute atomic E-state index is 0.0201. The molecule has 0 heterocycles. The Kier molecular flexibility index (Phi) is 6.78. The van der Waals surface area contributed by atoms with Gasteiger partial charge in [-0.15, -0.1) is 0 Å². The van der Waals surface area contributed by atoms with E-state index in [4.69, 9.17) is 10.5 Å². The molecule has 1 aliphatic carbocycles. The molecule has 1 fully saturated rings. The summed E-state index contributed by atoms with van der Waals surface area (Å²) in [5, 5.41) is 2.74. The molecule has 8 nitrogen and oxygen atoms in total. The summed E-state index contributed by atoms with van der Waals surface area (Å²) in [6, 6.07) is -0.0861. The number of aliphatic imine (C=N–C) groups is 1. The molecule has 3 atom stereocenters. The van der Waals surface area contributed by atoms with Crippen molar-refractivity contribution in [1.82, 2.24) is 5.32 Å². The predicted octanol–water partition coefficient (Wildman–Crippen LogP) is 2.12. The molecule has 136 valence electrons. The lowest BCUT2D eigenvalue weighted by molar-refractivity contribution is 0.0477. The van der Waals surface area contributed by atoms with E-state index in [9.17, 15) is 14.4 Å². The topological polar surface area (TPSA) is 120 Å². The number of nitrogens with zero attached hydrogens (tertiary/aromatic N) is 1. The first kappa shape index (κ1) is 20.0. The average molecular weight is 341 g/mol. The van der Waals surface area contributed by atoms with Crippen molar-refractivity contribution in [1.29, 1.82) is 0 Å². The molecule has 0 bridgehead atoms. The van der Waals surface area contributed by atoms with Crippen LogP contribution in [0.4, 0.5) is 9.59 Å². The molecule has 1 saturated carbocycles. The summed E-state index contributed by atoms with van der Waals surface area (Å²) in [5.74, 6) is 0. The highest BCUT2D eigenvalue weighted by molar-refractivity contribution is 5.67. The SMILES string of the molecule is CC(COC(N)=O)OC(=O)NCC1(C)CC(N=C=O)CC(C)(C)C1. The molecule has 3 N–H and O–H groups in total. The fourth-order valence-electron chi connectivity index (χ4n) is 3.62. The van der Waals surface area contributed by atoms with Gasteiger partial charge >= 0.3 is 12.2 Å². The number of primary amides is 1. The maximum Gasteiger partial charge on any atom is 0.407 e. The molecule has 24 heavy (non-hydrogen) atoms. The largest absolute Gasteiger partial charge is 0.446 e. The van der Waals surface area contributed by atoms with E-state index >= 15 is 0 Å². The van der Waals surface area contributed by atoms with Crippen molar-refractivity contribution >= 4 is 18.3 Å². The minimum Gasteiger partial charge on any atom is -0.446 e. The van der Waals surface area contributed by atoms with Gasteiger partial charge in [0.25, 0.3) is 0 Å². The smallest absolute Gasteiger partial charge is 0.407 e. The normalized spacial score (nSPS) is 26.6. The molecule has 3 unspecified atom stereocenters. The number of isocyanates is 1. The van der Waals surface area contributed by atoms with Crippen LogP contribution in [0.2, 0.25) is 0 Å². The molecule has 0 radical (unpaired) electrons. The number of nitrogens with two attached hydrogens (primary N) is 1. The van der Waals surface area contributed by atoms with Crippen LogP contribution in [-0.4, -0.2) is 43.6 Å². The third-order valence-electron chi connectivity index (χ3n) is 4.09. The Hall–Kier alpha value is -2.08. The Balaban J connectivity index is 2.53. The van der Waals surface area contributed by atoms with Crippen molar-refractivity contribution in [2.24, 2.45) is 21.6 Å². The van der Waals surface area contributed by atoms with E-state index in [1.807, 2.05) is 0 Å². The number of alkyl carbamates (subject to hydrolysis) is 1. The highest BCUT2D eigenvalue weighted by atomic mass is 16.6. The number of hydrogen-bond donors (Lipinski definition) is 2. The number of hydrogen-bond acceptors (Lipinski definition) is 6. The van der Waals surface area contributed by atoms with Crippen molar-refractivity contribution in [2.75, 3.05) is 13.2 Å². The van der Waals surface area contributed by atoms with Gasteiger partial charge in [0.2, 0.25) is 6.08 Å². The lowest BCUT2D eigenvalue weighted by Crippen LogP contribution is -2.45. The van der Waals surface area contributed by atoms with Gasteiger partial charge in [-0.3, -0.25) is 0 Å². The van der Waals surface area contributed by atoms with E-state index in [0.717, 1.165) is 12.8 Å². The van der Waals surface area contributed by atoms with Crippen molar-refractivity contribution in [3.63, 3.8) is 0 Å². The maximum absolute atomic E-state index is 11.9. The number of nitrogens with one attached hydrogen (secondary N) is 1. The van der Waals surface area contributed by atoms with Gasteiger partial charge in [0.1, 0.15) is 12.7 Å². The third kappa shape index (κ3) is 7.00. The van der Waals surface area contributed by atoms with Gasteiger partial charge < -0.3 is 20.5 Å². The van der Waals surface area contributed by atoms with Gasteiger partial charge in [0, 0.05) is 6.54 Å². The zero-order valence-electron chi connectivity index (χ0n) is 14.8. The average Bonchev–Trinajstić information content (AvgIpc) is 2.41. The van der Waals surface area contributed by atoms with E-state index in [2.05, 4.69) is 35.8 Å². The molecule has 0 aliphatic heterocycles. The number of ether oxygens (including phenoxy) is 2. The van der Waals surface area contributed by atoms with Gasteiger partial charge in [-0.1, -0.05) is 20.8 Å². The molecule has 0 aromatic carbocycles. The lowest BCUT2D eigenvalue weighted by atomic mass is 9.63. The zero-order chi connectivity index (χ0) is 18.4. The Morgan fingerprint density at radius 2 is 2.04 bits per heavy atom. The van der Waals surface area contributed by atoms with E-state index in [0.29, 0.717) is 13.0 Å². The first-order valence-corrected chi connectivity index (χ1v) is 7.99. The number of amides is 2. The summed E-state index contributed by atoms with van der Waals surface area (Å²) in [6.07, 6.45) is 1.96. The summed E-state index contributed by atoms with van der Waals surface area (Å²) in [4.78, 5) is 36.8. The van der Waals surface area contributed by atoms with Crippen molar-refractivity contribution in [3.05, 3.63) is 0 Å². The van der Waals surface area contributed by atoms with E-state index in [1.54, 1.807) is 13.0 Å². The Labute approximate surface area is 142 Å². The van der Waals surface area contributed by atoms with E-state index in [-0.39, 0.29) is 23.5 Å². The second-order valence-electron chi connectivity index (χ2n) is 7.63. The Bertz CT molecular complexity index is 516. The highest BCUT2D eigenvalue weighted by Gasteiger charge is 2.41. The molecule has 0 spiro atoms. The molecule has 1 aliphatic rings. The van der Waals surface area contributed by atoms with Gasteiger partial charge in [-0.05, 0) is 37.0 Å². The minimum atomic E-state index is -0.912. The standard InChI is InChI=1S/C16H27N3O5/c1-11(7-23-13(17)21)24-14(22)18-9-16(4)6-12(19-10-20)5-15(2,3)8-16/h11-12H,5-9H2,1-4H3,(H2,17,21)(H,18,22). The Morgan fingerprint density at radius 1 is 1.38 bits per heavy atom. The van der Waals surface area contributed by atoms with E-state index < -0.39 is 18.3 Å². The van der Waals surface area contributed by atoms with Crippen LogP contribution in [0.1, 0.15) is 47.0 Å². The second-order valence-corrected chi connectivity index (χ2v) is 7.63. The summed E-state index contributed by atoms with van der Waals surface area (Å²) in [6.45, 7) is 8.22. The number of rotatable bonds is 6. The van der Waals surface area contributed by atoms with Crippen LogP contribution >= 0.6 is 0 Å². The predicted molar refractivity (Wildman–Crippen MR) is 87.1 cm³/mol. The fraction of sp³-hybridized carbons (Fsp3) is 0.812. The molecule has 0 aromatic rings. The molecule has 0 aromatic heterocycles. The first-order chi connectivity index (χ1) is 11.1. The van der Waals surface area contributed by atoms with Crippen LogP contribution in [0.15, 0.2) is 4.99 Å². The first-order valence-electron chi connectivity index (χ1n) is 7.99. The van der Waals surface area contributed by atoms with Crippen LogP contribution in [0.3, 0.4) is 0 Å². The van der Waals surface area contributed by atoms with Crippen molar-refractivity contribution < 1.29 is 23.9 Å². The molecule has 0 saturated heterocycles. The maximum atomic E-state index is 11.9. The van der Waals surface area contributed by atoms with Crippen LogP contribution in [0.5, 0.6) is 0 Å². The highest BCUT2D eigenvalue weighted by Crippen LogP contribution is 2.46. The van der Waals surface area contributed by atoms with Crippen LogP contribution in [-0.2, 0) is 14.3 Å². The van der Waals surface area contributed by atoms with Crippen LogP contribution in [0, 0.1) is 10.8 Å². The van der Waals surface area contributed by atoms with Crippen molar-refractivity contribution in [2.45, 2.75) is 59.1 Å². The summed E-state index contributed by atoms with van der Waals surface area (Å²) < 4.78 is 9.67. The molecular weight excluding hydrogens is 314 g/mol. The molecule has 1 rings (SSSR count). The van der Waals surface area contributed by atoms with Crippen molar-refractivity contribution in [3.8, 4) is 0 Å². The zero-order valence-corrected chi connectivity index (χ0v) is 14.8. The van der Waals surface area contributed by atoms with Crippen LogP contribution < -0.4 is 11.1 Å². The summed E-state index contributed by atoms with van der Waals surface area (Å²) in [5.41, 5.74) is 4.68. The molecule has 2 amide bonds. The lowest BCUT2D eigenvalue weighted by Gasteiger charge is -2.45. The van der Waals surface area contributed by atoms with E-state index in [1.165, 1.54) is 0 Å². The third-order valence-corrected chi connectivity index (χ3v) is 4.09. The van der Waals surface area contributed by atoms with Gasteiger partial charge in [-0.2, -0.15) is 0 Å². The van der Waals surface area contributed by atoms with Gasteiger partial charge in [-0.25, -0.2) is 19.4 Å². The quantitative estimate of drug-likeness (QED) is 0.566. The fourth-order valence-corrected chi connectivity index (χ4v) is 3.62. The van der Waals surface area contributed by atoms with Gasteiger partial charge in [0.05, 0.1) is 6.04 Å².